The summed E-state index contributed by atoms with van der Waals surface area (Å²) in [5.41, 5.74) is 0.494. The van der Waals surface area contributed by atoms with Gasteiger partial charge < -0.3 is 10.2 Å². The highest BCUT2D eigenvalue weighted by molar-refractivity contribution is 7.92. The van der Waals surface area contributed by atoms with Gasteiger partial charge in [0, 0.05) is 36.6 Å². The number of amides is 2. The molecule has 0 aliphatic heterocycles. The monoisotopic (exact) mass is 559 g/mol. The normalized spacial score (nSPS) is 12.2. The molecule has 36 heavy (non-hydrogen) atoms. The van der Waals surface area contributed by atoms with E-state index >= 15 is 0 Å². The molecule has 0 heterocycles. The number of halogens is 3. The van der Waals surface area contributed by atoms with Crippen LogP contribution in [0.25, 0.3) is 0 Å². The molecule has 0 unspecified atom stereocenters. The summed E-state index contributed by atoms with van der Waals surface area (Å²) in [6.45, 7) is 3.94. The van der Waals surface area contributed by atoms with Crippen molar-refractivity contribution in [2.45, 2.75) is 52.1 Å². The third-order valence-electron chi connectivity index (χ3n) is 5.62. The minimum absolute atomic E-state index is 0.0325. The molecule has 0 aliphatic carbocycles. The van der Waals surface area contributed by atoms with Gasteiger partial charge in [-0.1, -0.05) is 54.7 Å². The van der Waals surface area contributed by atoms with Crippen LogP contribution < -0.4 is 9.62 Å². The predicted octanol–water partition coefficient (Wildman–Crippen LogP) is 5.01. The van der Waals surface area contributed by atoms with E-state index in [1.54, 1.807) is 31.2 Å². The second-order valence-electron chi connectivity index (χ2n) is 8.47. The minimum atomic E-state index is -3.72. The number of benzene rings is 2. The Morgan fingerprint density at radius 1 is 1.11 bits per heavy atom. The average molecular weight is 561 g/mol. The van der Waals surface area contributed by atoms with Gasteiger partial charge in [0.1, 0.15) is 11.9 Å². The van der Waals surface area contributed by atoms with Gasteiger partial charge in [-0.25, -0.2) is 12.8 Å². The van der Waals surface area contributed by atoms with Crippen molar-refractivity contribution in [1.29, 1.82) is 0 Å². The Morgan fingerprint density at radius 3 is 2.44 bits per heavy atom. The van der Waals surface area contributed by atoms with Crippen molar-refractivity contribution in [3.63, 3.8) is 0 Å². The van der Waals surface area contributed by atoms with Gasteiger partial charge in [-0.05, 0) is 44.0 Å². The molecule has 1 atom stereocenters. The minimum Gasteiger partial charge on any atom is -0.354 e. The SMILES string of the molecule is CCCCNC(=O)[C@H](C)N(Cc1ccccc1F)C(=O)CCCN(c1cc(Cl)ccc1Cl)S(C)(=O)=O. The number of hydrogen-bond acceptors (Lipinski definition) is 4. The first kappa shape index (κ1) is 29.9. The number of sulfonamides is 1. The maximum Gasteiger partial charge on any atom is 0.242 e. The second kappa shape index (κ2) is 13.8. The molecular formula is C25H32Cl2FN3O4S. The van der Waals surface area contributed by atoms with Crippen molar-refractivity contribution in [3.8, 4) is 0 Å². The third kappa shape index (κ3) is 8.64. The Bertz CT molecular complexity index is 1160. The molecule has 0 aliphatic rings. The van der Waals surface area contributed by atoms with E-state index in [1.807, 2.05) is 6.92 Å². The highest BCUT2D eigenvalue weighted by atomic mass is 35.5. The molecule has 2 rings (SSSR count). The molecule has 2 amide bonds. The molecule has 0 saturated heterocycles. The van der Waals surface area contributed by atoms with E-state index in [0.717, 1.165) is 23.4 Å². The van der Waals surface area contributed by atoms with Crippen molar-refractivity contribution < 1.29 is 22.4 Å². The first-order valence-electron chi connectivity index (χ1n) is 11.7. The van der Waals surface area contributed by atoms with E-state index < -0.39 is 27.8 Å². The summed E-state index contributed by atoms with van der Waals surface area (Å²) in [5, 5.41) is 3.33. The number of nitrogens with zero attached hydrogens (tertiary/aromatic N) is 2. The molecule has 7 nitrogen and oxygen atoms in total. The molecule has 0 radical (unpaired) electrons. The van der Waals surface area contributed by atoms with Crippen LogP contribution in [0.3, 0.4) is 0 Å². The van der Waals surface area contributed by atoms with E-state index in [-0.39, 0.29) is 48.1 Å². The quantitative estimate of drug-likeness (QED) is 0.349. The van der Waals surface area contributed by atoms with Gasteiger partial charge in [-0.2, -0.15) is 0 Å². The zero-order valence-electron chi connectivity index (χ0n) is 20.6. The number of anilines is 1. The molecule has 2 aromatic rings. The van der Waals surface area contributed by atoms with E-state index in [9.17, 15) is 22.4 Å². The van der Waals surface area contributed by atoms with Crippen LogP contribution in [-0.4, -0.2) is 50.5 Å². The summed E-state index contributed by atoms with van der Waals surface area (Å²) >= 11 is 12.2. The van der Waals surface area contributed by atoms with Gasteiger partial charge >= 0.3 is 0 Å². The fraction of sp³-hybridized carbons (Fsp3) is 0.440. The second-order valence-corrected chi connectivity index (χ2v) is 11.2. The van der Waals surface area contributed by atoms with Crippen LogP contribution in [0.2, 0.25) is 10.0 Å². The lowest BCUT2D eigenvalue weighted by molar-refractivity contribution is -0.140. The largest absolute Gasteiger partial charge is 0.354 e. The molecule has 2 aromatic carbocycles. The van der Waals surface area contributed by atoms with Crippen molar-refractivity contribution in [3.05, 3.63) is 63.9 Å². The average Bonchev–Trinajstić information content (AvgIpc) is 2.81. The molecule has 1 N–H and O–H groups in total. The Kier molecular flexibility index (Phi) is 11.5. The molecule has 0 bridgehead atoms. The molecule has 0 saturated carbocycles. The Labute approximate surface area is 222 Å². The van der Waals surface area contributed by atoms with Crippen LogP contribution >= 0.6 is 23.2 Å². The summed E-state index contributed by atoms with van der Waals surface area (Å²) in [6.07, 6.45) is 2.82. The molecule has 0 fully saturated rings. The van der Waals surface area contributed by atoms with E-state index in [0.29, 0.717) is 11.6 Å². The summed E-state index contributed by atoms with van der Waals surface area (Å²) in [7, 11) is -3.72. The number of rotatable bonds is 13. The molecule has 0 spiro atoms. The Morgan fingerprint density at radius 2 is 1.81 bits per heavy atom. The summed E-state index contributed by atoms with van der Waals surface area (Å²) < 4.78 is 40.3. The van der Waals surface area contributed by atoms with Gasteiger partial charge in [-0.3, -0.25) is 13.9 Å². The number of unbranched alkanes of at least 4 members (excludes halogenated alkanes) is 1. The topological polar surface area (TPSA) is 86.8 Å². The van der Waals surface area contributed by atoms with Crippen LogP contribution in [0, 0.1) is 5.82 Å². The molecule has 198 valence electrons. The van der Waals surface area contributed by atoms with Crippen molar-refractivity contribution >= 4 is 50.7 Å². The lowest BCUT2D eigenvalue weighted by atomic mass is 10.1. The van der Waals surface area contributed by atoms with E-state index in [4.69, 9.17) is 23.2 Å². The van der Waals surface area contributed by atoms with Crippen molar-refractivity contribution in [2.24, 2.45) is 0 Å². The van der Waals surface area contributed by atoms with Crippen molar-refractivity contribution in [2.75, 3.05) is 23.7 Å². The van der Waals surface area contributed by atoms with Crippen molar-refractivity contribution in [1.82, 2.24) is 10.2 Å². The van der Waals surface area contributed by atoms with Crippen LogP contribution in [-0.2, 0) is 26.2 Å². The maximum atomic E-state index is 14.3. The highest BCUT2D eigenvalue weighted by Crippen LogP contribution is 2.31. The Hall–Kier alpha value is -2.36. The number of carbonyl (C=O) groups is 2. The van der Waals surface area contributed by atoms with Crippen LogP contribution in [0.15, 0.2) is 42.5 Å². The lowest BCUT2D eigenvalue weighted by Crippen LogP contribution is -2.48. The van der Waals surface area contributed by atoms with E-state index in [2.05, 4.69) is 5.32 Å². The zero-order chi connectivity index (χ0) is 26.9. The lowest BCUT2D eigenvalue weighted by Gasteiger charge is -2.29. The number of nitrogens with one attached hydrogen (secondary N) is 1. The van der Waals surface area contributed by atoms with Crippen LogP contribution in [0.4, 0.5) is 10.1 Å². The highest BCUT2D eigenvalue weighted by Gasteiger charge is 2.27. The fourth-order valence-corrected chi connectivity index (χ4v) is 4.99. The summed E-state index contributed by atoms with van der Waals surface area (Å²) in [4.78, 5) is 27.2. The van der Waals surface area contributed by atoms with Crippen LogP contribution in [0.5, 0.6) is 0 Å². The molecule has 0 aromatic heterocycles. The summed E-state index contributed by atoms with van der Waals surface area (Å²) in [5.74, 6) is -1.22. The van der Waals surface area contributed by atoms with Gasteiger partial charge in [0.2, 0.25) is 21.8 Å². The van der Waals surface area contributed by atoms with Gasteiger partial charge in [0.15, 0.2) is 0 Å². The molecular weight excluding hydrogens is 528 g/mol. The van der Waals surface area contributed by atoms with Crippen LogP contribution in [0.1, 0.15) is 45.1 Å². The first-order chi connectivity index (χ1) is 17.0. The fourth-order valence-electron chi connectivity index (χ4n) is 3.59. The van der Waals surface area contributed by atoms with Gasteiger partial charge in [0.25, 0.3) is 0 Å². The predicted molar refractivity (Wildman–Crippen MR) is 142 cm³/mol. The van der Waals surface area contributed by atoms with Gasteiger partial charge in [0.05, 0.1) is 17.0 Å². The van der Waals surface area contributed by atoms with E-state index in [1.165, 1.54) is 23.1 Å². The summed E-state index contributed by atoms with van der Waals surface area (Å²) in [6, 6.07) is 9.70. The molecule has 11 heteroatoms. The number of hydrogen-bond donors (Lipinski definition) is 1. The third-order valence-corrected chi connectivity index (χ3v) is 7.36. The first-order valence-corrected chi connectivity index (χ1v) is 14.3. The standard InChI is InChI=1S/C25H32Cl2FN3O4S/c1-4-5-14-29-25(33)18(2)30(17-19-9-6-7-10-22(19)28)24(32)11-8-15-31(36(3,34)35)23-16-20(26)12-13-21(23)27/h6-7,9-10,12-13,16,18H,4-5,8,11,14-15,17H2,1-3H3,(H,29,33)/t18-/m0/s1. The smallest absolute Gasteiger partial charge is 0.242 e. The Balaban J connectivity index is 2.19. The zero-order valence-corrected chi connectivity index (χ0v) is 23.0. The van der Waals surface area contributed by atoms with Gasteiger partial charge in [-0.15, -0.1) is 0 Å². The number of carbonyl (C=O) groups excluding carboxylic acids is 2. The maximum absolute atomic E-state index is 14.3.